The summed E-state index contributed by atoms with van der Waals surface area (Å²) in [4.78, 5) is 10.5. The lowest BCUT2D eigenvalue weighted by atomic mass is 10.0. The fourth-order valence-electron chi connectivity index (χ4n) is 3.06. The average Bonchev–Trinajstić information content (AvgIpc) is 3.08. The molecule has 1 saturated heterocycles. The zero-order valence-electron chi connectivity index (χ0n) is 13.3. The molecule has 3 heterocycles. The molecule has 2 aromatic rings. The molecule has 0 bridgehead atoms. The highest BCUT2D eigenvalue weighted by Crippen LogP contribution is 2.21. The largest absolute Gasteiger partial charge is 0.355 e. The van der Waals surface area contributed by atoms with Gasteiger partial charge in [0.25, 0.3) is 0 Å². The van der Waals surface area contributed by atoms with E-state index in [2.05, 4.69) is 38.3 Å². The van der Waals surface area contributed by atoms with Crippen molar-refractivity contribution in [3.8, 4) is 6.07 Å². The number of hydrogen-bond donors (Lipinski definition) is 1. The lowest BCUT2D eigenvalue weighted by Crippen LogP contribution is -2.46. The lowest BCUT2D eigenvalue weighted by molar-refractivity contribution is 0.347. The van der Waals surface area contributed by atoms with Crippen molar-refractivity contribution in [2.75, 3.05) is 18.0 Å². The number of aromatic nitrogens is 4. The van der Waals surface area contributed by atoms with Crippen LogP contribution in [0, 0.1) is 11.3 Å². The fraction of sp³-hybridized carbons (Fsp3) is 0.500. The van der Waals surface area contributed by atoms with E-state index in [9.17, 15) is 5.26 Å². The van der Waals surface area contributed by atoms with Gasteiger partial charge in [-0.25, -0.2) is 9.97 Å². The third-order valence-electron chi connectivity index (χ3n) is 4.15. The smallest absolute Gasteiger partial charge is 0.146 e. The molecule has 2 aromatic heterocycles. The Labute approximate surface area is 136 Å². The highest BCUT2D eigenvalue weighted by Gasteiger charge is 2.22. The molecule has 120 valence electrons. The zero-order valence-corrected chi connectivity index (χ0v) is 13.3. The standard InChI is InChI=1S/C16H21N7/c1-13(10-23-12-18-11-20-23)21-15-4-7-22(8-5-15)16-14(9-17)3-2-6-19-16/h2-3,6,11-13,15,21H,4-5,7-8,10H2,1H3/t13-/m0/s1. The minimum atomic E-state index is 0.345. The van der Waals surface area contributed by atoms with E-state index in [4.69, 9.17) is 0 Å². The summed E-state index contributed by atoms with van der Waals surface area (Å²) in [7, 11) is 0. The van der Waals surface area contributed by atoms with Crippen LogP contribution in [0.2, 0.25) is 0 Å². The number of pyridine rings is 1. The van der Waals surface area contributed by atoms with Crippen LogP contribution in [0.25, 0.3) is 0 Å². The minimum Gasteiger partial charge on any atom is -0.355 e. The predicted octanol–water partition coefficient (Wildman–Crippen LogP) is 1.19. The normalized spacial score (nSPS) is 17.0. The number of nitrogens with one attached hydrogen (secondary N) is 1. The van der Waals surface area contributed by atoms with Crippen LogP contribution in [-0.2, 0) is 6.54 Å². The summed E-state index contributed by atoms with van der Waals surface area (Å²) in [6, 6.07) is 6.69. The predicted molar refractivity (Wildman–Crippen MR) is 86.8 cm³/mol. The van der Waals surface area contributed by atoms with Gasteiger partial charge in [-0.1, -0.05) is 0 Å². The second-order valence-electron chi connectivity index (χ2n) is 5.93. The Morgan fingerprint density at radius 2 is 2.26 bits per heavy atom. The van der Waals surface area contributed by atoms with Crippen LogP contribution in [0.15, 0.2) is 31.0 Å². The van der Waals surface area contributed by atoms with Crippen molar-refractivity contribution in [1.29, 1.82) is 5.26 Å². The molecule has 7 nitrogen and oxygen atoms in total. The molecule has 0 aromatic carbocycles. The first-order valence-corrected chi connectivity index (χ1v) is 7.95. The molecule has 1 aliphatic rings. The lowest BCUT2D eigenvalue weighted by Gasteiger charge is -2.34. The number of rotatable bonds is 5. The maximum atomic E-state index is 9.20. The van der Waals surface area contributed by atoms with Gasteiger partial charge in [-0.3, -0.25) is 4.68 Å². The molecule has 1 fully saturated rings. The number of nitrogens with zero attached hydrogens (tertiary/aromatic N) is 6. The van der Waals surface area contributed by atoms with E-state index >= 15 is 0 Å². The molecular weight excluding hydrogens is 290 g/mol. The Morgan fingerprint density at radius 3 is 2.96 bits per heavy atom. The Hall–Kier alpha value is -2.46. The van der Waals surface area contributed by atoms with Crippen molar-refractivity contribution in [3.05, 3.63) is 36.5 Å². The van der Waals surface area contributed by atoms with E-state index in [0.717, 1.165) is 38.3 Å². The minimum absolute atomic E-state index is 0.345. The van der Waals surface area contributed by atoms with Gasteiger partial charge in [0, 0.05) is 31.4 Å². The fourth-order valence-corrected chi connectivity index (χ4v) is 3.06. The van der Waals surface area contributed by atoms with Gasteiger partial charge in [-0.15, -0.1) is 0 Å². The van der Waals surface area contributed by atoms with E-state index in [0.29, 0.717) is 17.6 Å². The van der Waals surface area contributed by atoms with Crippen LogP contribution < -0.4 is 10.2 Å². The molecule has 0 spiro atoms. The van der Waals surface area contributed by atoms with E-state index in [1.54, 1.807) is 18.9 Å². The molecule has 0 saturated carbocycles. The van der Waals surface area contributed by atoms with Gasteiger partial charge in [0.05, 0.1) is 12.1 Å². The highest BCUT2D eigenvalue weighted by molar-refractivity contribution is 5.53. The van der Waals surface area contributed by atoms with Gasteiger partial charge in [0.1, 0.15) is 24.5 Å². The molecule has 0 amide bonds. The Morgan fingerprint density at radius 1 is 1.43 bits per heavy atom. The second-order valence-corrected chi connectivity index (χ2v) is 5.93. The molecule has 0 aliphatic carbocycles. The average molecular weight is 311 g/mol. The summed E-state index contributed by atoms with van der Waals surface area (Å²) < 4.78 is 1.85. The van der Waals surface area contributed by atoms with E-state index in [1.807, 2.05) is 16.8 Å². The molecule has 23 heavy (non-hydrogen) atoms. The van der Waals surface area contributed by atoms with Gasteiger partial charge in [0.2, 0.25) is 0 Å². The SMILES string of the molecule is C[C@@H](Cn1cncn1)NC1CCN(c2ncccc2C#N)CC1. The van der Waals surface area contributed by atoms with Crippen molar-refractivity contribution in [2.45, 2.75) is 38.4 Å². The van der Waals surface area contributed by atoms with Crippen molar-refractivity contribution < 1.29 is 0 Å². The van der Waals surface area contributed by atoms with E-state index < -0.39 is 0 Å². The maximum absolute atomic E-state index is 9.20. The number of anilines is 1. The first-order chi connectivity index (χ1) is 11.3. The Balaban J connectivity index is 1.51. The van der Waals surface area contributed by atoms with Crippen molar-refractivity contribution in [3.63, 3.8) is 0 Å². The number of nitriles is 1. The molecule has 7 heteroatoms. The number of piperidine rings is 1. The summed E-state index contributed by atoms with van der Waals surface area (Å²) in [6.07, 6.45) is 7.14. The van der Waals surface area contributed by atoms with Crippen molar-refractivity contribution >= 4 is 5.82 Å². The first-order valence-electron chi connectivity index (χ1n) is 7.95. The Kier molecular flexibility index (Phi) is 4.83. The van der Waals surface area contributed by atoms with Crippen LogP contribution in [-0.4, -0.2) is 44.9 Å². The first kappa shape index (κ1) is 15.4. The van der Waals surface area contributed by atoms with E-state index in [1.165, 1.54) is 0 Å². The molecule has 0 radical (unpaired) electrons. The van der Waals surface area contributed by atoms with Gasteiger partial charge in [-0.05, 0) is 31.9 Å². The summed E-state index contributed by atoms with van der Waals surface area (Å²) in [5.74, 6) is 0.809. The van der Waals surface area contributed by atoms with Gasteiger partial charge in [-0.2, -0.15) is 10.4 Å². The van der Waals surface area contributed by atoms with Crippen LogP contribution >= 0.6 is 0 Å². The monoisotopic (exact) mass is 311 g/mol. The number of hydrogen-bond acceptors (Lipinski definition) is 6. The second kappa shape index (κ2) is 7.20. The topological polar surface area (TPSA) is 82.7 Å². The van der Waals surface area contributed by atoms with Crippen LogP contribution in [0.5, 0.6) is 0 Å². The highest BCUT2D eigenvalue weighted by atomic mass is 15.3. The van der Waals surface area contributed by atoms with E-state index in [-0.39, 0.29) is 0 Å². The Bertz CT molecular complexity index is 653. The summed E-state index contributed by atoms with van der Waals surface area (Å²) in [5, 5.41) is 17.0. The summed E-state index contributed by atoms with van der Waals surface area (Å²) in [6.45, 7) is 4.82. The third kappa shape index (κ3) is 3.85. The van der Waals surface area contributed by atoms with Crippen LogP contribution in [0.3, 0.4) is 0 Å². The maximum Gasteiger partial charge on any atom is 0.146 e. The summed E-state index contributed by atoms with van der Waals surface area (Å²) in [5.41, 5.74) is 0.651. The molecule has 0 unspecified atom stereocenters. The van der Waals surface area contributed by atoms with Gasteiger partial charge < -0.3 is 10.2 Å². The summed E-state index contributed by atoms with van der Waals surface area (Å²) >= 11 is 0. The van der Waals surface area contributed by atoms with Crippen LogP contribution in [0.1, 0.15) is 25.3 Å². The molecule has 3 rings (SSSR count). The van der Waals surface area contributed by atoms with Gasteiger partial charge in [0.15, 0.2) is 0 Å². The van der Waals surface area contributed by atoms with Gasteiger partial charge >= 0.3 is 0 Å². The quantitative estimate of drug-likeness (QED) is 0.893. The van der Waals surface area contributed by atoms with Crippen molar-refractivity contribution in [1.82, 2.24) is 25.1 Å². The third-order valence-corrected chi connectivity index (χ3v) is 4.15. The molecule has 1 N–H and O–H groups in total. The van der Waals surface area contributed by atoms with Crippen molar-refractivity contribution in [2.24, 2.45) is 0 Å². The molecular formula is C16H21N7. The zero-order chi connectivity index (χ0) is 16.1. The van der Waals surface area contributed by atoms with Crippen LogP contribution in [0.4, 0.5) is 5.82 Å². The molecule has 1 aliphatic heterocycles. The molecule has 1 atom stereocenters.